The number of fused-ring (bicyclic) bond motifs is 1. The third kappa shape index (κ3) is 1.42. The number of allylic oxidation sites excluding steroid dienone is 3. The van der Waals surface area contributed by atoms with Crippen LogP contribution in [0.15, 0.2) is 28.4 Å². The molecule has 0 amide bonds. The molecule has 0 unspecified atom stereocenters. The topological polar surface area (TPSA) is 43.5 Å². The minimum Gasteiger partial charge on any atom is -0.290 e. The number of aliphatic imine (C=N–C) groups is 2. The molecule has 1 heterocycles. The molecule has 0 N–H and O–H groups in total. The molecule has 0 saturated carbocycles. The largest absolute Gasteiger partial charge is 0.327 e. The van der Waals surface area contributed by atoms with Crippen molar-refractivity contribution < 1.29 is 4.79 Å². The van der Waals surface area contributed by atoms with Gasteiger partial charge in [-0.1, -0.05) is 27.0 Å². The van der Waals surface area contributed by atoms with Crippen molar-refractivity contribution in [3.05, 3.63) is 23.4 Å². The van der Waals surface area contributed by atoms with Crippen molar-refractivity contribution in [2.24, 2.45) is 4.99 Å². The smallest absolute Gasteiger partial charge is 0.290 e. The molecule has 1 aliphatic heterocycles. The van der Waals surface area contributed by atoms with Crippen molar-refractivity contribution in [1.29, 1.82) is 0 Å². The molecule has 0 spiro atoms. The number of hydrogen-bond donors (Lipinski definition) is 0. The first-order chi connectivity index (χ1) is 6.33. The number of carbonyl (C=O) groups is 1. The van der Waals surface area contributed by atoms with E-state index in [1.807, 2.05) is 6.08 Å². The van der Waals surface area contributed by atoms with Crippen LogP contribution in [-0.2, 0) is 4.79 Å². The quantitative estimate of drug-likeness (QED) is 0.629. The van der Waals surface area contributed by atoms with Gasteiger partial charge in [0.1, 0.15) is 0 Å². The van der Waals surface area contributed by atoms with E-state index in [0.29, 0.717) is 12.1 Å². The van der Waals surface area contributed by atoms with Crippen molar-refractivity contribution in [3.8, 4) is 0 Å². The molecule has 2 aliphatic rings. The van der Waals surface area contributed by atoms with Crippen molar-refractivity contribution in [2.75, 3.05) is 5.33 Å². The number of nitrogens with zero attached hydrogens (tertiary/aromatic N) is 2. The molecule has 4 heteroatoms. The Labute approximate surface area is 84.1 Å². The second-order valence-electron chi connectivity index (χ2n) is 2.78. The van der Waals surface area contributed by atoms with Gasteiger partial charge in [-0.15, -0.1) is 0 Å². The van der Waals surface area contributed by atoms with Crippen molar-refractivity contribution >= 4 is 33.8 Å². The van der Waals surface area contributed by atoms with Gasteiger partial charge in [0.05, 0.1) is 5.57 Å². The zero-order chi connectivity index (χ0) is 9.26. The summed E-state index contributed by atoms with van der Waals surface area (Å²) >= 11 is 3.37. The molecule has 65 valence electrons. The van der Waals surface area contributed by atoms with Crippen LogP contribution in [0.2, 0.25) is 0 Å². The Bertz CT molecular complexity index is 377. The van der Waals surface area contributed by atoms with E-state index in [1.54, 1.807) is 6.20 Å². The summed E-state index contributed by atoms with van der Waals surface area (Å²) in [5.74, 6) is 0.0714. The summed E-state index contributed by atoms with van der Waals surface area (Å²) in [6.45, 7) is 0. The van der Waals surface area contributed by atoms with Gasteiger partial charge in [0, 0.05) is 11.8 Å². The zero-order valence-corrected chi connectivity index (χ0v) is 8.41. The number of hydrogen-bond acceptors (Lipinski definition) is 3. The number of rotatable bonds is 1. The summed E-state index contributed by atoms with van der Waals surface area (Å²) in [6, 6.07) is 0. The van der Waals surface area contributed by atoms with Crippen molar-refractivity contribution in [1.82, 2.24) is 4.99 Å². The minimum atomic E-state index is 0.0714. The van der Waals surface area contributed by atoms with Crippen LogP contribution < -0.4 is 4.99 Å². The predicted molar refractivity (Wildman–Crippen MR) is 55.2 cm³/mol. The van der Waals surface area contributed by atoms with Gasteiger partial charge in [0.15, 0.2) is 6.20 Å². The fourth-order valence-electron chi connectivity index (χ4n) is 1.34. The second-order valence-corrected chi connectivity index (χ2v) is 3.34. The van der Waals surface area contributed by atoms with Crippen molar-refractivity contribution in [3.63, 3.8) is 0 Å². The van der Waals surface area contributed by atoms with Gasteiger partial charge in [-0.25, -0.2) is 0 Å². The second kappa shape index (κ2) is 3.38. The third-order valence-electron chi connectivity index (χ3n) is 2.00. The average Bonchev–Trinajstić information content (AvgIpc) is 2.19. The van der Waals surface area contributed by atoms with E-state index in [0.717, 1.165) is 16.5 Å². The molecule has 1 aliphatic carbocycles. The lowest BCUT2D eigenvalue weighted by Gasteiger charge is -2.11. The highest BCUT2D eigenvalue weighted by molar-refractivity contribution is 9.09. The third-order valence-corrected chi connectivity index (χ3v) is 2.60. The van der Waals surface area contributed by atoms with Gasteiger partial charge in [-0.2, -0.15) is 0 Å². The Morgan fingerprint density at radius 3 is 3.23 bits per heavy atom. The molecule has 0 aromatic carbocycles. The molecule has 2 rings (SSSR count). The number of halogens is 1. The van der Waals surface area contributed by atoms with Gasteiger partial charge in [0.2, 0.25) is 11.5 Å². The van der Waals surface area contributed by atoms with Crippen LogP contribution in [-0.4, -0.2) is 23.2 Å². The highest BCUT2D eigenvalue weighted by Crippen LogP contribution is 2.21. The van der Waals surface area contributed by atoms with Gasteiger partial charge in [0.25, 0.3) is 0 Å². The maximum atomic E-state index is 11.4. The first-order valence-electron chi connectivity index (χ1n) is 3.91. The number of carbonyl (C=O) groups excluding carboxylic acids is 1. The lowest BCUT2D eigenvalue weighted by Crippen LogP contribution is -2.27. The van der Waals surface area contributed by atoms with E-state index in [2.05, 4.69) is 25.9 Å². The zero-order valence-electron chi connectivity index (χ0n) is 6.83. The Hall–Kier alpha value is -1.03. The van der Waals surface area contributed by atoms with E-state index >= 15 is 0 Å². The van der Waals surface area contributed by atoms with Gasteiger partial charge in [-0.3, -0.25) is 4.79 Å². The van der Waals surface area contributed by atoms with Crippen LogP contribution in [0, 0.1) is 0 Å². The SMILES string of the molecule is O=C1CC=C(CBr)C2=CN=C[N+]=C12. The van der Waals surface area contributed by atoms with E-state index in [9.17, 15) is 4.79 Å². The molecule has 0 saturated heterocycles. The molecular weight excluding hydrogens is 232 g/mol. The van der Waals surface area contributed by atoms with Crippen LogP contribution in [0.1, 0.15) is 6.42 Å². The highest BCUT2D eigenvalue weighted by Gasteiger charge is 2.29. The molecule has 0 aromatic heterocycles. The molecule has 0 bridgehead atoms. The highest BCUT2D eigenvalue weighted by atomic mass is 79.9. The summed E-state index contributed by atoms with van der Waals surface area (Å²) in [5.41, 5.74) is 2.50. The maximum absolute atomic E-state index is 11.4. The molecular formula is C9H7BrN2O+. The first-order valence-corrected chi connectivity index (χ1v) is 5.03. The Kier molecular flexibility index (Phi) is 2.22. The first kappa shape index (κ1) is 8.56. The Morgan fingerprint density at radius 1 is 1.62 bits per heavy atom. The lowest BCUT2D eigenvalue weighted by molar-refractivity contribution is -0.112. The van der Waals surface area contributed by atoms with Crippen LogP contribution in [0.3, 0.4) is 0 Å². The number of alkyl halides is 1. The van der Waals surface area contributed by atoms with Crippen LogP contribution in [0.25, 0.3) is 0 Å². The maximum Gasteiger partial charge on any atom is 0.327 e. The van der Waals surface area contributed by atoms with Crippen molar-refractivity contribution in [2.45, 2.75) is 6.42 Å². The van der Waals surface area contributed by atoms with Gasteiger partial charge in [-0.05, 0) is 10.6 Å². The van der Waals surface area contributed by atoms with Crippen LogP contribution >= 0.6 is 15.9 Å². The minimum absolute atomic E-state index is 0.0714. The molecule has 13 heavy (non-hydrogen) atoms. The molecule has 1 radical (unpaired) electrons. The lowest BCUT2D eigenvalue weighted by atomic mass is 9.92. The summed E-state index contributed by atoms with van der Waals surface area (Å²) in [5, 5.41) is 0.737. The predicted octanol–water partition coefficient (Wildman–Crippen LogP) is 0.983. The summed E-state index contributed by atoms with van der Waals surface area (Å²) in [7, 11) is 0. The molecule has 0 fully saturated rings. The Morgan fingerprint density at radius 2 is 2.46 bits per heavy atom. The number of ketones is 1. The molecule has 0 atom stereocenters. The fraction of sp³-hybridized carbons (Fsp3) is 0.222. The molecule has 3 nitrogen and oxygen atoms in total. The standard InChI is InChI=1S/C9H7BrN2O/c10-3-6-1-2-8(13)9-7(6)4-11-5-12-9/h1,4-5H,2-3H2/q+1. The van der Waals surface area contributed by atoms with Gasteiger partial charge >= 0.3 is 6.34 Å². The van der Waals surface area contributed by atoms with Crippen LogP contribution in [0.4, 0.5) is 0 Å². The van der Waals surface area contributed by atoms with Gasteiger partial charge < -0.3 is 0 Å². The van der Waals surface area contributed by atoms with Crippen LogP contribution in [0.5, 0.6) is 0 Å². The molecule has 0 aromatic rings. The van der Waals surface area contributed by atoms with E-state index in [1.165, 1.54) is 6.34 Å². The van der Waals surface area contributed by atoms with E-state index in [-0.39, 0.29) is 5.78 Å². The fourth-order valence-corrected chi connectivity index (χ4v) is 1.87. The summed E-state index contributed by atoms with van der Waals surface area (Å²) in [4.78, 5) is 19.3. The van der Waals surface area contributed by atoms with E-state index < -0.39 is 0 Å². The normalized spacial score (nSPS) is 20.4. The monoisotopic (exact) mass is 238 g/mol. The number of Topliss-reactive ketones (excluding diaryl/α,β-unsaturated/α-hetero) is 1. The summed E-state index contributed by atoms with van der Waals surface area (Å²) in [6.07, 6.45) is 5.47. The van der Waals surface area contributed by atoms with E-state index in [4.69, 9.17) is 0 Å². The Balaban J connectivity index is 2.50. The summed E-state index contributed by atoms with van der Waals surface area (Å²) < 4.78 is 0. The average molecular weight is 239 g/mol.